The van der Waals surface area contributed by atoms with Gasteiger partial charge in [-0.3, -0.25) is 14.4 Å². The van der Waals surface area contributed by atoms with Crippen LogP contribution in [0.15, 0.2) is 12.1 Å². The van der Waals surface area contributed by atoms with Crippen LogP contribution in [-0.4, -0.2) is 29.4 Å². The molecule has 0 aliphatic heterocycles. The predicted molar refractivity (Wildman–Crippen MR) is 82.4 cm³/mol. The number of aryl methyl sites for hydroxylation is 1. The van der Waals surface area contributed by atoms with Crippen molar-refractivity contribution < 1.29 is 24.2 Å². The van der Waals surface area contributed by atoms with Gasteiger partial charge in [-0.25, -0.2) is 0 Å². The molecule has 1 aromatic rings. The quantitative estimate of drug-likeness (QED) is 0.613. The Morgan fingerprint density at radius 1 is 1.27 bits per heavy atom. The van der Waals surface area contributed by atoms with Gasteiger partial charge in [-0.05, 0) is 44.0 Å². The van der Waals surface area contributed by atoms with E-state index < -0.39 is 17.9 Å². The Balaban J connectivity index is 3.11. The largest absolute Gasteiger partial charge is 0.481 e. The number of hydrogen-bond acceptors (Lipinski definition) is 4. The second-order valence-electron chi connectivity index (χ2n) is 4.98. The van der Waals surface area contributed by atoms with Crippen molar-refractivity contribution in [3.8, 4) is 0 Å². The van der Waals surface area contributed by atoms with Gasteiger partial charge >= 0.3 is 11.9 Å². The lowest BCUT2D eigenvalue weighted by molar-refractivity contribution is -0.144. The van der Waals surface area contributed by atoms with Crippen LogP contribution in [0, 0.1) is 6.92 Å². The molecule has 5 nitrogen and oxygen atoms in total. The number of benzene rings is 1. The molecular formula is C16H19ClO5. The number of ether oxygens (including phenoxy) is 1. The summed E-state index contributed by atoms with van der Waals surface area (Å²) in [6.07, 6.45) is -0.325. The van der Waals surface area contributed by atoms with Crippen LogP contribution in [0.3, 0.4) is 0 Å². The average molecular weight is 327 g/mol. The molecule has 0 aliphatic carbocycles. The van der Waals surface area contributed by atoms with Gasteiger partial charge in [-0.1, -0.05) is 11.6 Å². The molecule has 0 aromatic heterocycles. The van der Waals surface area contributed by atoms with Crippen molar-refractivity contribution in [2.45, 2.75) is 39.5 Å². The van der Waals surface area contributed by atoms with E-state index >= 15 is 0 Å². The molecule has 0 bridgehead atoms. The maximum atomic E-state index is 12.1. The van der Waals surface area contributed by atoms with Crippen molar-refractivity contribution >= 4 is 29.3 Å². The molecule has 0 amide bonds. The summed E-state index contributed by atoms with van der Waals surface area (Å²) in [4.78, 5) is 34.5. The molecule has 1 aromatic carbocycles. The molecular weight excluding hydrogens is 308 g/mol. The highest BCUT2D eigenvalue weighted by atomic mass is 35.5. The minimum Gasteiger partial charge on any atom is -0.481 e. The van der Waals surface area contributed by atoms with Crippen LogP contribution in [-0.2, 0) is 14.3 Å². The van der Waals surface area contributed by atoms with Crippen molar-refractivity contribution in [3.05, 3.63) is 33.8 Å². The zero-order valence-corrected chi connectivity index (χ0v) is 13.6. The zero-order valence-electron chi connectivity index (χ0n) is 12.8. The fraction of sp³-hybridized carbons (Fsp3) is 0.438. The number of ketones is 1. The standard InChI is InChI=1S/C16H19ClO5/c1-4-22-16(21)10(3)12-8-11(9(2)7-13(12)17)14(18)5-6-15(19)20/h7-8,10H,4-6H2,1-3H3,(H,19,20). The first-order valence-corrected chi connectivity index (χ1v) is 7.37. The van der Waals surface area contributed by atoms with Crippen LogP contribution in [0.4, 0.5) is 0 Å². The van der Waals surface area contributed by atoms with Crippen molar-refractivity contribution in [2.75, 3.05) is 6.61 Å². The van der Waals surface area contributed by atoms with Crippen LogP contribution in [0.5, 0.6) is 0 Å². The molecule has 6 heteroatoms. The van der Waals surface area contributed by atoms with E-state index in [1.54, 1.807) is 32.9 Å². The Morgan fingerprint density at radius 3 is 2.45 bits per heavy atom. The van der Waals surface area contributed by atoms with E-state index in [1.165, 1.54) is 0 Å². The SMILES string of the molecule is CCOC(=O)C(C)c1cc(C(=O)CCC(=O)O)c(C)cc1Cl. The topological polar surface area (TPSA) is 80.7 Å². The molecule has 0 fully saturated rings. The average Bonchev–Trinajstić information content (AvgIpc) is 2.44. The van der Waals surface area contributed by atoms with E-state index in [1.807, 2.05) is 0 Å². The molecule has 1 N–H and O–H groups in total. The van der Waals surface area contributed by atoms with Gasteiger partial charge in [0.25, 0.3) is 0 Å². The number of Topliss-reactive ketones (excluding diaryl/α,β-unsaturated/α-hetero) is 1. The summed E-state index contributed by atoms with van der Waals surface area (Å²) in [6, 6.07) is 3.17. The predicted octanol–water partition coefficient (Wildman–Crippen LogP) is 3.36. The van der Waals surface area contributed by atoms with Crippen molar-refractivity contribution in [3.63, 3.8) is 0 Å². The van der Waals surface area contributed by atoms with E-state index in [2.05, 4.69) is 0 Å². The summed E-state index contributed by atoms with van der Waals surface area (Å²) in [5.41, 5.74) is 1.54. The summed E-state index contributed by atoms with van der Waals surface area (Å²) < 4.78 is 4.96. The van der Waals surface area contributed by atoms with Crippen LogP contribution in [0.2, 0.25) is 5.02 Å². The van der Waals surface area contributed by atoms with E-state index in [0.29, 0.717) is 21.7 Å². The van der Waals surface area contributed by atoms with Crippen molar-refractivity contribution in [2.24, 2.45) is 0 Å². The van der Waals surface area contributed by atoms with Crippen molar-refractivity contribution in [1.82, 2.24) is 0 Å². The summed E-state index contributed by atoms with van der Waals surface area (Å²) in [6.45, 7) is 5.35. The molecule has 1 unspecified atom stereocenters. The van der Waals surface area contributed by atoms with Crippen LogP contribution in [0.1, 0.15) is 54.1 Å². The fourth-order valence-corrected chi connectivity index (χ4v) is 2.45. The number of halogens is 1. The third-order valence-corrected chi connectivity index (χ3v) is 3.64. The van der Waals surface area contributed by atoms with Gasteiger partial charge in [-0.2, -0.15) is 0 Å². The monoisotopic (exact) mass is 326 g/mol. The molecule has 1 rings (SSSR count). The summed E-state index contributed by atoms with van der Waals surface area (Å²) in [5, 5.41) is 9.05. The molecule has 1 atom stereocenters. The molecule has 0 saturated carbocycles. The van der Waals surface area contributed by atoms with E-state index in [-0.39, 0.29) is 25.2 Å². The Hall–Kier alpha value is -1.88. The zero-order chi connectivity index (χ0) is 16.9. The van der Waals surface area contributed by atoms with Gasteiger partial charge in [-0.15, -0.1) is 0 Å². The van der Waals surface area contributed by atoms with Gasteiger partial charge in [0, 0.05) is 17.0 Å². The van der Waals surface area contributed by atoms with Crippen LogP contribution in [0.25, 0.3) is 0 Å². The number of carboxylic acid groups (broad SMARTS) is 1. The molecule has 0 spiro atoms. The third-order valence-electron chi connectivity index (χ3n) is 3.32. The number of carboxylic acids is 1. The van der Waals surface area contributed by atoms with Gasteiger partial charge in [0.05, 0.1) is 18.9 Å². The number of aliphatic carboxylic acids is 1. The number of carbonyl (C=O) groups excluding carboxylic acids is 2. The summed E-state index contributed by atoms with van der Waals surface area (Å²) in [5.74, 6) is -2.33. The molecule has 0 radical (unpaired) electrons. The third kappa shape index (κ3) is 4.56. The Morgan fingerprint density at radius 2 is 1.91 bits per heavy atom. The normalized spacial score (nSPS) is 11.8. The highest BCUT2D eigenvalue weighted by Gasteiger charge is 2.22. The van der Waals surface area contributed by atoms with Crippen molar-refractivity contribution in [1.29, 1.82) is 0 Å². The molecule has 0 saturated heterocycles. The Labute approximate surface area is 134 Å². The lowest BCUT2D eigenvalue weighted by Gasteiger charge is -2.15. The summed E-state index contributed by atoms with van der Waals surface area (Å²) >= 11 is 6.16. The second-order valence-corrected chi connectivity index (χ2v) is 5.39. The lowest BCUT2D eigenvalue weighted by atomic mass is 9.93. The van der Waals surface area contributed by atoms with Gasteiger partial charge in [0.15, 0.2) is 5.78 Å². The van der Waals surface area contributed by atoms with Crippen LogP contribution >= 0.6 is 11.6 Å². The number of carbonyl (C=O) groups is 3. The minimum absolute atomic E-state index is 0.0922. The van der Waals surface area contributed by atoms with E-state index in [0.717, 1.165) is 0 Å². The maximum absolute atomic E-state index is 12.1. The first kappa shape index (κ1) is 18.2. The number of hydrogen-bond donors (Lipinski definition) is 1. The Bertz CT molecular complexity index is 594. The minimum atomic E-state index is -1.03. The smallest absolute Gasteiger partial charge is 0.313 e. The summed E-state index contributed by atoms with van der Waals surface area (Å²) in [7, 11) is 0. The number of esters is 1. The molecule has 120 valence electrons. The highest BCUT2D eigenvalue weighted by molar-refractivity contribution is 6.32. The molecule has 0 heterocycles. The lowest BCUT2D eigenvalue weighted by Crippen LogP contribution is -2.15. The molecule has 0 aliphatic rings. The fourth-order valence-electron chi connectivity index (χ4n) is 2.07. The Kier molecular flexibility index (Phi) is 6.56. The van der Waals surface area contributed by atoms with E-state index in [9.17, 15) is 14.4 Å². The van der Waals surface area contributed by atoms with Gasteiger partial charge in [0.2, 0.25) is 0 Å². The maximum Gasteiger partial charge on any atom is 0.313 e. The van der Waals surface area contributed by atoms with Gasteiger partial charge in [0.1, 0.15) is 0 Å². The highest BCUT2D eigenvalue weighted by Crippen LogP contribution is 2.29. The van der Waals surface area contributed by atoms with E-state index in [4.69, 9.17) is 21.4 Å². The van der Waals surface area contributed by atoms with Gasteiger partial charge < -0.3 is 9.84 Å². The van der Waals surface area contributed by atoms with Crippen LogP contribution < -0.4 is 0 Å². The number of rotatable bonds is 7. The first-order valence-electron chi connectivity index (χ1n) is 6.99. The molecule has 22 heavy (non-hydrogen) atoms. The second kappa shape index (κ2) is 7.94. The first-order chi connectivity index (χ1) is 10.3.